The zero-order chi connectivity index (χ0) is 24.6. The number of nitrogens with zero attached hydrogens (tertiary/aromatic N) is 4. The molecule has 7 nitrogen and oxygen atoms in total. The largest absolute Gasteiger partial charge is 0.386 e. The van der Waals surface area contributed by atoms with Gasteiger partial charge in [-0.2, -0.15) is 0 Å². The zero-order valence-electron chi connectivity index (χ0n) is 19.5. The molecule has 4 heterocycles. The highest BCUT2D eigenvalue weighted by Gasteiger charge is 2.22. The van der Waals surface area contributed by atoms with Crippen LogP contribution in [0.15, 0.2) is 49.1 Å². The topological polar surface area (TPSA) is 95.9 Å². The molecule has 1 aliphatic heterocycles. The predicted octanol–water partition coefficient (Wildman–Crippen LogP) is 4.80. The molecule has 180 valence electrons. The molecule has 1 aliphatic rings. The molecule has 4 aromatic rings. The smallest absolute Gasteiger partial charge is 0.228 e. The number of aliphatic hydroxyl groups is 1. The molecule has 35 heavy (non-hydrogen) atoms. The second kappa shape index (κ2) is 9.24. The number of pyridine rings is 2. The van der Waals surface area contributed by atoms with Crippen molar-refractivity contribution < 1.29 is 13.9 Å². The minimum atomic E-state index is -1.23. The summed E-state index contributed by atoms with van der Waals surface area (Å²) in [4.78, 5) is 17.0. The van der Waals surface area contributed by atoms with Gasteiger partial charge < -0.3 is 15.7 Å². The van der Waals surface area contributed by atoms with Gasteiger partial charge in [0, 0.05) is 29.5 Å². The number of aromatic nitrogens is 4. The molecular weight excluding hydrogens is 450 g/mol. The number of hydrogen-bond donors (Lipinski definition) is 3. The first-order chi connectivity index (χ1) is 16.8. The van der Waals surface area contributed by atoms with Crippen molar-refractivity contribution in [2.75, 3.05) is 18.4 Å². The summed E-state index contributed by atoms with van der Waals surface area (Å²) in [6.45, 7) is 5.18. The van der Waals surface area contributed by atoms with Crippen LogP contribution >= 0.6 is 0 Å². The molecule has 1 fully saturated rings. The average molecular weight is 477 g/mol. The van der Waals surface area contributed by atoms with Crippen molar-refractivity contribution in [3.63, 3.8) is 0 Å². The van der Waals surface area contributed by atoms with E-state index in [1.54, 1.807) is 38.4 Å². The molecule has 3 N–H and O–H groups in total. The van der Waals surface area contributed by atoms with Crippen LogP contribution < -0.4 is 10.6 Å². The van der Waals surface area contributed by atoms with Gasteiger partial charge in [-0.15, -0.1) is 0 Å². The van der Waals surface area contributed by atoms with Crippen LogP contribution in [0, 0.1) is 11.6 Å². The number of piperidine rings is 1. The fourth-order valence-electron chi connectivity index (χ4n) is 4.51. The Morgan fingerprint density at radius 3 is 2.43 bits per heavy atom. The zero-order valence-corrected chi connectivity index (χ0v) is 19.5. The van der Waals surface area contributed by atoms with Crippen molar-refractivity contribution in [3.8, 4) is 11.1 Å². The first-order valence-electron chi connectivity index (χ1n) is 11.6. The van der Waals surface area contributed by atoms with Crippen LogP contribution in [-0.2, 0) is 5.60 Å². The van der Waals surface area contributed by atoms with Crippen molar-refractivity contribution in [1.29, 1.82) is 0 Å². The predicted molar refractivity (Wildman–Crippen MR) is 130 cm³/mol. The van der Waals surface area contributed by atoms with Gasteiger partial charge in [-0.1, -0.05) is 0 Å². The molecule has 1 saturated heterocycles. The molecule has 0 spiro atoms. The van der Waals surface area contributed by atoms with Crippen LogP contribution in [-0.4, -0.2) is 38.1 Å². The van der Waals surface area contributed by atoms with Crippen molar-refractivity contribution >= 4 is 22.7 Å². The van der Waals surface area contributed by atoms with Gasteiger partial charge in [0.2, 0.25) is 5.95 Å². The monoisotopic (exact) mass is 476 g/mol. The van der Waals surface area contributed by atoms with Gasteiger partial charge in [-0.3, -0.25) is 4.98 Å². The van der Waals surface area contributed by atoms with E-state index in [2.05, 4.69) is 30.6 Å². The molecular formula is C26H26F2N6O. The number of nitrogens with one attached hydrogen (secondary N) is 2. The van der Waals surface area contributed by atoms with Crippen LogP contribution in [0.25, 0.3) is 22.0 Å². The van der Waals surface area contributed by atoms with E-state index in [9.17, 15) is 13.9 Å². The van der Waals surface area contributed by atoms with E-state index >= 15 is 0 Å². The molecule has 0 saturated carbocycles. The lowest BCUT2D eigenvalue weighted by atomic mass is 9.92. The molecule has 0 bridgehead atoms. The van der Waals surface area contributed by atoms with Gasteiger partial charge in [0.1, 0.15) is 23.0 Å². The van der Waals surface area contributed by atoms with Crippen molar-refractivity contribution in [2.24, 2.45) is 0 Å². The third kappa shape index (κ3) is 4.82. The van der Waals surface area contributed by atoms with Crippen LogP contribution in [0.2, 0.25) is 0 Å². The highest BCUT2D eigenvalue weighted by Crippen LogP contribution is 2.34. The molecule has 3 aromatic heterocycles. The molecule has 0 atom stereocenters. The third-order valence-corrected chi connectivity index (χ3v) is 6.35. The summed E-state index contributed by atoms with van der Waals surface area (Å²) in [7, 11) is 0. The quantitative estimate of drug-likeness (QED) is 0.381. The lowest BCUT2D eigenvalue weighted by molar-refractivity contribution is 0.0801. The molecule has 9 heteroatoms. The number of halogens is 2. The van der Waals surface area contributed by atoms with Gasteiger partial charge in [-0.05, 0) is 86.7 Å². The van der Waals surface area contributed by atoms with Crippen LogP contribution in [0.5, 0.6) is 0 Å². The maximum atomic E-state index is 14.9. The Morgan fingerprint density at radius 2 is 1.71 bits per heavy atom. The fraction of sp³-hybridized carbons (Fsp3) is 0.308. The van der Waals surface area contributed by atoms with Gasteiger partial charge in [0.25, 0.3) is 0 Å². The van der Waals surface area contributed by atoms with Gasteiger partial charge in [0.05, 0.1) is 11.8 Å². The molecule has 0 amide bonds. The summed E-state index contributed by atoms with van der Waals surface area (Å²) in [6, 6.07) is 5.98. The molecule has 5 rings (SSSR count). The summed E-state index contributed by atoms with van der Waals surface area (Å²) in [5, 5.41) is 17.3. The van der Waals surface area contributed by atoms with E-state index < -0.39 is 17.2 Å². The van der Waals surface area contributed by atoms with E-state index in [1.807, 2.05) is 0 Å². The Labute approximate surface area is 201 Å². The summed E-state index contributed by atoms with van der Waals surface area (Å²) in [6.07, 6.45) is 8.23. The number of anilines is 2. The third-order valence-electron chi connectivity index (χ3n) is 6.35. The number of rotatable bonds is 5. The number of fused-ring (bicyclic) bond motifs is 1. The highest BCUT2D eigenvalue weighted by molar-refractivity contribution is 5.88. The molecule has 1 aromatic carbocycles. The maximum absolute atomic E-state index is 14.9. The van der Waals surface area contributed by atoms with Crippen molar-refractivity contribution in [1.82, 2.24) is 25.3 Å². The first kappa shape index (κ1) is 23.2. The summed E-state index contributed by atoms with van der Waals surface area (Å²) < 4.78 is 29.8. The molecule has 0 unspecified atom stereocenters. The Kier molecular flexibility index (Phi) is 6.12. The molecule has 0 radical (unpaired) electrons. The van der Waals surface area contributed by atoms with Gasteiger partial charge >= 0.3 is 0 Å². The normalized spacial score (nSPS) is 14.9. The summed E-state index contributed by atoms with van der Waals surface area (Å²) in [5.74, 6) is -0.111. The van der Waals surface area contributed by atoms with E-state index in [-0.39, 0.29) is 11.1 Å². The SMILES string of the molecule is CC(C)(O)c1ccnc2c(F)cc(-c3cc(Nc4ncc(C5CCNCC5)cn4)ncc3F)cc12. The van der Waals surface area contributed by atoms with Gasteiger partial charge in [0.15, 0.2) is 0 Å². The summed E-state index contributed by atoms with van der Waals surface area (Å²) in [5.41, 5.74) is 0.932. The standard InChI is InChI=1S/C26H26F2N6O/c1-26(2,35)20-5-8-30-24-19(20)9-16(10-21(24)27)18-11-23(31-14-22(18)28)34-25-32-12-17(13-33-25)15-3-6-29-7-4-15/h5,8-15,29,35H,3-4,6-7H2,1-2H3,(H,31,32,33,34). The van der Waals surface area contributed by atoms with E-state index in [0.717, 1.165) is 37.7 Å². The van der Waals surface area contributed by atoms with Crippen molar-refractivity contribution in [2.45, 2.75) is 38.2 Å². The Morgan fingerprint density at radius 1 is 0.971 bits per heavy atom. The minimum absolute atomic E-state index is 0.114. The Bertz CT molecular complexity index is 1370. The maximum Gasteiger partial charge on any atom is 0.228 e. The number of benzene rings is 1. The lowest BCUT2D eigenvalue weighted by Crippen LogP contribution is -2.26. The number of hydrogen-bond acceptors (Lipinski definition) is 7. The van der Waals surface area contributed by atoms with E-state index in [4.69, 9.17) is 0 Å². The second-order valence-corrected chi connectivity index (χ2v) is 9.31. The Balaban J connectivity index is 1.47. The molecule has 0 aliphatic carbocycles. The van der Waals surface area contributed by atoms with E-state index in [0.29, 0.717) is 34.2 Å². The van der Waals surface area contributed by atoms with Crippen LogP contribution in [0.4, 0.5) is 20.5 Å². The van der Waals surface area contributed by atoms with Crippen LogP contribution in [0.1, 0.15) is 43.7 Å². The Hall–Kier alpha value is -3.56. The second-order valence-electron chi connectivity index (χ2n) is 9.31. The van der Waals surface area contributed by atoms with E-state index in [1.165, 1.54) is 18.3 Å². The fourth-order valence-corrected chi connectivity index (χ4v) is 4.51. The lowest BCUT2D eigenvalue weighted by Gasteiger charge is -2.22. The average Bonchev–Trinajstić information content (AvgIpc) is 2.85. The first-order valence-corrected chi connectivity index (χ1v) is 11.6. The highest BCUT2D eigenvalue weighted by atomic mass is 19.1. The van der Waals surface area contributed by atoms with Crippen molar-refractivity contribution in [3.05, 3.63) is 71.8 Å². The van der Waals surface area contributed by atoms with Gasteiger partial charge in [-0.25, -0.2) is 23.7 Å². The summed E-state index contributed by atoms with van der Waals surface area (Å²) >= 11 is 0. The minimum Gasteiger partial charge on any atom is -0.386 e. The van der Waals surface area contributed by atoms with Crippen LogP contribution in [0.3, 0.4) is 0 Å².